The van der Waals surface area contributed by atoms with Crippen LogP contribution in [0.4, 0.5) is 0 Å². The second-order valence-corrected chi connectivity index (χ2v) is 4.72. The summed E-state index contributed by atoms with van der Waals surface area (Å²) in [4.78, 5) is 17.1. The van der Waals surface area contributed by atoms with E-state index in [-0.39, 0.29) is 5.97 Å². The molecule has 1 fully saturated rings. The Morgan fingerprint density at radius 1 is 1.56 bits per heavy atom. The second-order valence-electron chi connectivity index (χ2n) is 4.72. The smallest absolute Gasteiger partial charge is 0.361 e. The van der Waals surface area contributed by atoms with Crippen molar-refractivity contribution in [1.82, 2.24) is 4.98 Å². The summed E-state index contributed by atoms with van der Waals surface area (Å²) in [6.45, 7) is 3.82. The van der Waals surface area contributed by atoms with Crippen molar-refractivity contribution in [2.45, 2.75) is 32.2 Å². The van der Waals surface area contributed by atoms with Crippen molar-refractivity contribution < 1.29 is 14.4 Å². The molecule has 2 atom stereocenters. The van der Waals surface area contributed by atoms with Crippen molar-refractivity contribution in [2.24, 2.45) is 0 Å². The Balaban J connectivity index is 2.04. The van der Waals surface area contributed by atoms with Gasteiger partial charge < -0.3 is 9.64 Å². The topological polar surface area (TPSA) is 43.6 Å². The standard InChI is InChI=1S/C14H20N2O2/c1-2-18-14(17)11-16-9-4-3-7-13(16)12-6-5-8-15-10-12/h5-6,8,10,13H,2-4,7,9,11H2,1H3/p+1/t13-/m1/s1. The maximum atomic E-state index is 11.6. The number of hydrogen-bond donors (Lipinski definition) is 1. The molecule has 18 heavy (non-hydrogen) atoms. The minimum Gasteiger partial charge on any atom is -0.462 e. The first-order valence-electron chi connectivity index (χ1n) is 6.71. The van der Waals surface area contributed by atoms with Crippen molar-refractivity contribution in [3.8, 4) is 0 Å². The number of nitrogens with one attached hydrogen (secondary N) is 1. The van der Waals surface area contributed by atoms with Gasteiger partial charge in [-0.1, -0.05) is 6.07 Å². The number of carbonyl (C=O) groups excluding carboxylic acids is 1. The molecule has 98 valence electrons. The van der Waals surface area contributed by atoms with Gasteiger partial charge >= 0.3 is 5.97 Å². The second kappa shape index (κ2) is 6.50. The van der Waals surface area contributed by atoms with Crippen LogP contribution in [0.15, 0.2) is 24.5 Å². The third kappa shape index (κ3) is 3.29. The van der Waals surface area contributed by atoms with Crippen molar-refractivity contribution >= 4 is 5.97 Å². The fourth-order valence-electron chi connectivity index (χ4n) is 2.67. The lowest BCUT2D eigenvalue weighted by Gasteiger charge is -2.31. The highest BCUT2D eigenvalue weighted by molar-refractivity contribution is 5.70. The molecule has 2 heterocycles. The summed E-state index contributed by atoms with van der Waals surface area (Å²) < 4.78 is 5.05. The van der Waals surface area contributed by atoms with E-state index < -0.39 is 0 Å². The van der Waals surface area contributed by atoms with Crippen LogP contribution in [0, 0.1) is 0 Å². The molecule has 0 bridgehead atoms. The predicted molar refractivity (Wildman–Crippen MR) is 68.2 cm³/mol. The molecule has 4 heteroatoms. The number of piperidine rings is 1. The predicted octanol–water partition coefficient (Wildman–Crippen LogP) is 0.755. The van der Waals surface area contributed by atoms with Crippen LogP contribution in [-0.2, 0) is 9.53 Å². The van der Waals surface area contributed by atoms with E-state index in [1.165, 1.54) is 23.3 Å². The highest BCUT2D eigenvalue weighted by Gasteiger charge is 2.29. The molecule has 0 saturated carbocycles. The summed E-state index contributed by atoms with van der Waals surface area (Å²) in [5.74, 6) is -0.0942. The molecular weight excluding hydrogens is 228 g/mol. The number of pyridine rings is 1. The molecule has 0 radical (unpaired) electrons. The van der Waals surface area contributed by atoms with Gasteiger partial charge in [-0.3, -0.25) is 4.98 Å². The van der Waals surface area contributed by atoms with Crippen LogP contribution >= 0.6 is 0 Å². The van der Waals surface area contributed by atoms with E-state index in [0.717, 1.165) is 13.0 Å². The fraction of sp³-hybridized carbons (Fsp3) is 0.571. The molecule has 2 rings (SSSR count). The summed E-state index contributed by atoms with van der Waals surface area (Å²) in [5.41, 5.74) is 1.23. The van der Waals surface area contributed by atoms with E-state index >= 15 is 0 Å². The van der Waals surface area contributed by atoms with Crippen LogP contribution < -0.4 is 4.90 Å². The summed E-state index contributed by atoms with van der Waals surface area (Å²) in [5, 5.41) is 0. The van der Waals surface area contributed by atoms with E-state index in [1.54, 1.807) is 6.20 Å². The Morgan fingerprint density at radius 2 is 2.44 bits per heavy atom. The molecule has 0 amide bonds. The van der Waals surface area contributed by atoms with Gasteiger partial charge in [0.1, 0.15) is 6.04 Å². The van der Waals surface area contributed by atoms with Gasteiger partial charge in [-0.05, 0) is 25.8 Å². The van der Waals surface area contributed by atoms with Crippen LogP contribution in [0.1, 0.15) is 37.8 Å². The van der Waals surface area contributed by atoms with Crippen molar-refractivity contribution in [2.75, 3.05) is 19.7 Å². The minimum absolute atomic E-state index is 0.0942. The van der Waals surface area contributed by atoms with Gasteiger partial charge in [0.2, 0.25) is 0 Å². The number of carbonyl (C=O) groups is 1. The van der Waals surface area contributed by atoms with Gasteiger partial charge in [0.05, 0.1) is 13.2 Å². The van der Waals surface area contributed by atoms with Crippen molar-refractivity contribution in [1.29, 1.82) is 0 Å². The number of quaternary nitrogens is 1. The summed E-state index contributed by atoms with van der Waals surface area (Å²) in [7, 11) is 0. The molecule has 1 unspecified atom stereocenters. The zero-order valence-corrected chi connectivity index (χ0v) is 10.9. The van der Waals surface area contributed by atoms with E-state index in [9.17, 15) is 4.79 Å². The zero-order chi connectivity index (χ0) is 12.8. The first-order chi connectivity index (χ1) is 8.81. The number of likely N-dealkylation sites (tertiary alicyclic amines) is 1. The highest BCUT2D eigenvalue weighted by atomic mass is 16.5. The van der Waals surface area contributed by atoms with Gasteiger partial charge in [0.15, 0.2) is 6.54 Å². The van der Waals surface area contributed by atoms with Crippen LogP contribution in [0.25, 0.3) is 0 Å². The van der Waals surface area contributed by atoms with Crippen LogP contribution in [0.5, 0.6) is 0 Å². The van der Waals surface area contributed by atoms with Crippen molar-refractivity contribution in [3.05, 3.63) is 30.1 Å². The largest absolute Gasteiger partial charge is 0.462 e. The number of ether oxygens (including phenoxy) is 1. The first-order valence-corrected chi connectivity index (χ1v) is 6.71. The Morgan fingerprint density at radius 3 is 3.17 bits per heavy atom. The lowest BCUT2D eigenvalue weighted by molar-refractivity contribution is -0.930. The van der Waals surface area contributed by atoms with Crippen molar-refractivity contribution in [3.63, 3.8) is 0 Å². The molecule has 1 aliphatic heterocycles. The number of hydrogen-bond acceptors (Lipinski definition) is 3. The average Bonchev–Trinajstić information content (AvgIpc) is 2.40. The molecular formula is C14H21N2O2+. The first kappa shape index (κ1) is 13.0. The van der Waals surface area contributed by atoms with E-state index in [2.05, 4.69) is 11.1 Å². The normalized spacial score (nSPS) is 23.6. The minimum atomic E-state index is -0.0942. The van der Waals surface area contributed by atoms with E-state index in [0.29, 0.717) is 19.2 Å². The van der Waals surface area contributed by atoms with Gasteiger partial charge in [0.25, 0.3) is 0 Å². The SMILES string of the molecule is CCOC(=O)C[NH+]1CCCC[C@@H]1c1cccnc1. The third-order valence-corrected chi connectivity index (χ3v) is 3.50. The Bertz CT molecular complexity index is 381. The number of esters is 1. The number of aromatic nitrogens is 1. The maximum Gasteiger partial charge on any atom is 0.361 e. The van der Waals surface area contributed by atoms with Gasteiger partial charge in [0, 0.05) is 24.4 Å². The molecule has 1 aromatic heterocycles. The molecule has 0 aromatic carbocycles. The molecule has 4 nitrogen and oxygen atoms in total. The Labute approximate surface area is 108 Å². The lowest BCUT2D eigenvalue weighted by atomic mass is 9.96. The zero-order valence-electron chi connectivity index (χ0n) is 10.9. The quantitative estimate of drug-likeness (QED) is 0.801. The van der Waals surface area contributed by atoms with Gasteiger partial charge in [-0.15, -0.1) is 0 Å². The number of nitrogens with zero attached hydrogens (tertiary/aromatic N) is 1. The Kier molecular flexibility index (Phi) is 4.70. The van der Waals surface area contributed by atoms with E-state index in [4.69, 9.17) is 4.74 Å². The van der Waals surface area contributed by atoms with Crippen LogP contribution in [0.3, 0.4) is 0 Å². The maximum absolute atomic E-state index is 11.6. The number of rotatable bonds is 4. The molecule has 1 aliphatic rings. The van der Waals surface area contributed by atoms with Gasteiger partial charge in [-0.25, -0.2) is 4.79 Å². The molecule has 1 aromatic rings. The van der Waals surface area contributed by atoms with E-state index in [1.807, 2.05) is 19.2 Å². The van der Waals surface area contributed by atoms with Crippen LogP contribution in [-0.4, -0.2) is 30.6 Å². The third-order valence-electron chi connectivity index (χ3n) is 3.50. The van der Waals surface area contributed by atoms with Gasteiger partial charge in [-0.2, -0.15) is 0 Å². The summed E-state index contributed by atoms with van der Waals surface area (Å²) in [6, 6.07) is 4.46. The molecule has 1 N–H and O–H groups in total. The molecule has 0 spiro atoms. The monoisotopic (exact) mass is 249 g/mol. The lowest BCUT2D eigenvalue weighted by Crippen LogP contribution is -3.14. The Hall–Kier alpha value is -1.42. The average molecular weight is 249 g/mol. The summed E-state index contributed by atoms with van der Waals surface area (Å²) in [6.07, 6.45) is 7.25. The van der Waals surface area contributed by atoms with Crippen LogP contribution in [0.2, 0.25) is 0 Å². The highest BCUT2D eigenvalue weighted by Crippen LogP contribution is 2.18. The fourth-order valence-corrected chi connectivity index (χ4v) is 2.67. The summed E-state index contributed by atoms with van der Waals surface area (Å²) >= 11 is 0. The molecule has 0 aliphatic carbocycles. The molecule has 1 saturated heterocycles.